The molecule has 1 aliphatic carbocycles. The van der Waals surface area contributed by atoms with Crippen molar-refractivity contribution < 1.29 is 24.1 Å². The molecule has 0 bridgehead atoms. The van der Waals surface area contributed by atoms with Gasteiger partial charge < -0.3 is 24.1 Å². The average molecular weight is 356 g/mol. The van der Waals surface area contributed by atoms with Crippen molar-refractivity contribution in [1.82, 2.24) is 0 Å². The second kappa shape index (κ2) is 7.70. The normalized spacial score (nSPS) is 17.6. The molecule has 0 heterocycles. The Hall–Kier alpha value is -2.66. The van der Waals surface area contributed by atoms with E-state index in [2.05, 4.69) is 0 Å². The zero-order valence-corrected chi connectivity index (χ0v) is 15.5. The number of aliphatic hydroxyl groups excluding tert-OH is 1. The monoisotopic (exact) mass is 356 g/mol. The predicted molar refractivity (Wildman–Crippen MR) is 101 cm³/mol. The van der Waals surface area contributed by atoms with Crippen molar-refractivity contribution in [3.8, 4) is 23.0 Å². The Morgan fingerprint density at radius 3 is 2.19 bits per heavy atom. The molecular formula is C21H24O5. The summed E-state index contributed by atoms with van der Waals surface area (Å²) in [6.45, 7) is 0. The number of methoxy groups -OCH3 is 4. The maximum Gasteiger partial charge on any atom is 0.203 e. The number of benzene rings is 2. The number of fused-ring (bicyclic) bond motifs is 1. The average Bonchev–Trinajstić information content (AvgIpc) is 2.68. The van der Waals surface area contributed by atoms with E-state index in [0.29, 0.717) is 23.7 Å². The summed E-state index contributed by atoms with van der Waals surface area (Å²) in [6, 6.07) is 9.70. The lowest BCUT2D eigenvalue weighted by Crippen LogP contribution is -2.17. The van der Waals surface area contributed by atoms with E-state index in [-0.39, 0.29) is 0 Å². The maximum absolute atomic E-state index is 10.6. The van der Waals surface area contributed by atoms with Gasteiger partial charge in [-0.2, -0.15) is 0 Å². The lowest BCUT2D eigenvalue weighted by atomic mass is 9.84. The minimum absolute atomic E-state index is 0.519. The largest absolute Gasteiger partial charge is 0.497 e. The molecule has 3 rings (SSSR count). The molecule has 0 saturated carbocycles. The van der Waals surface area contributed by atoms with Gasteiger partial charge in [0, 0.05) is 0 Å². The van der Waals surface area contributed by atoms with Gasteiger partial charge >= 0.3 is 0 Å². The van der Waals surface area contributed by atoms with E-state index in [1.807, 2.05) is 36.4 Å². The van der Waals surface area contributed by atoms with Gasteiger partial charge in [0.25, 0.3) is 0 Å². The van der Waals surface area contributed by atoms with Gasteiger partial charge in [0.1, 0.15) is 5.75 Å². The molecule has 0 spiro atoms. The van der Waals surface area contributed by atoms with Crippen LogP contribution < -0.4 is 18.9 Å². The highest BCUT2D eigenvalue weighted by atomic mass is 16.5. The Morgan fingerprint density at radius 2 is 1.62 bits per heavy atom. The van der Waals surface area contributed by atoms with Gasteiger partial charge in [-0.1, -0.05) is 6.07 Å². The van der Waals surface area contributed by atoms with Crippen LogP contribution in [0.4, 0.5) is 0 Å². The fraction of sp³-hybridized carbons (Fsp3) is 0.333. The van der Waals surface area contributed by atoms with E-state index in [9.17, 15) is 5.11 Å². The fourth-order valence-electron chi connectivity index (χ4n) is 3.35. The van der Waals surface area contributed by atoms with Gasteiger partial charge in [0.05, 0.1) is 34.5 Å². The second-order valence-corrected chi connectivity index (χ2v) is 6.14. The van der Waals surface area contributed by atoms with Gasteiger partial charge in [0.2, 0.25) is 5.75 Å². The molecule has 1 N–H and O–H groups in total. The van der Waals surface area contributed by atoms with Crippen LogP contribution in [-0.4, -0.2) is 39.6 Å². The molecule has 2 aromatic rings. The minimum Gasteiger partial charge on any atom is -0.497 e. The molecule has 5 nitrogen and oxygen atoms in total. The summed E-state index contributed by atoms with van der Waals surface area (Å²) < 4.78 is 21.5. The lowest BCUT2D eigenvalue weighted by Gasteiger charge is -2.25. The van der Waals surface area contributed by atoms with E-state index in [1.165, 1.54) is 5.56 Å². The highest BCUT2D eigenvalue weighted by Crippen LogP contribution is 2.40. The van der Waals surface area contributed by atoms with Crippen LogP contribution in [-0.2, 0) is 6.42 Å². The number of aryl methyl sites for hydroxylation is 1. The standard InChI is InChI=1S/C21H24O5/c1-23-15-6-7-16-14(12-15)5-8-18(22)17(16)9-13-10-19(24-2)21(26-4)20(11-13)25-3/h6-7,9-12,18,22H,5,8H2,1-4H3/b17-9+/t18-/m0/s1. The van der Waals surface area contributed by atoms with E-state index in [0.717, 1.165) is 28.9 Å². The zero-order valence-electron chi connectivity index (χ0n) is 15.5. The molecule has 26 heavy (non-hydrogen) atoms. The first-order valence-electron chi connectivity index (χ1n) is 8.48. The first-order chi connectivity index (χ1) is 12.6. The number of hydrogen-bond acceptors (Lipinski definition) is 5. The van der Waals surface area contributed by atoms with Crippen molar-refractivity contribution in [1.29, 1.82) is 0 Å². The SMILES string of the molecule is COc1ccc2c(c1)CC[C@H](O)/C2=C/c1cc(OC)c(OC)c(OC)c1. The van der Waals surface area contributed by atoms with Crippen molar-refractivity contribution in [3.05, 3.63) is 47.0 Å². The Labute approximate surface area is 153 Å². The summed E-state index contributed by atoms with van der Waals surface area (Å²) in [5, 5.41) is 10.6. The summed E-state index contributed by atoms with van der Waals surface area (Å²) in [6.07, 6.45) is 2.95. The van der Waals surface area contributed by atoms with Crippen LogP contribution in [0.1, 0.15) is 23.1 Å². The number of ether oxygens (including phenoxy) is 4. The highest BCUT2D eigenvalue weighted by Gasteiger charge is 2.23. The summed E-state index contributed by atoms with van der Waals surface area (Å²) in [4.78, 5) is 0. The van der Waals surface area contributed by atoms with Crippen LogP contribution in [0, 0.1) is 0 Å². The Morgan fingerprint density at radius 1 is 0.923 bits per heavy atom. The van der Waals surface area contributed by atoms with Crippen molar-refractivity contribution in [2.45, 2.75) is 18.9 Å². The fourth-order valence-corrected chi connectivity index (χ4v) is 3.35. The third kappa shape index (κ3) is 3.35. The van der Waals surface area contributed by atoms with Gasteiger partial charge in [0.15, 0.2) is 11.5 Å². The molecule has 138 valence electrons. The van der Waals surface area contributed by atoms with Crippen LogP contribution in [0.2, 0.25) is 0 Å². The van der Waals surface area contributed by atoms with E-state index in [4.69, 9.17) is 18.9 Å². The highest BCUT2D eigenvalue weighted by molar-refractivity contribution is 5.87. The molecule has 0 fully saturated rings. The Balaban J connectivity index is 2.10. The topological polar surface area (TPSA) is 57.2 Å². The summed E-state index contributed by atoms with van der Waals surface area (Å²) in [5.41, 5.74) is 3.96. The first kappa shape index (κ1) is 18.1. The molecule has 0 amide bonds. The summed E-state index contributed by atoms with van der Waals surface area (Å²) >= 11 is 0. The third-order valence-corrected chi connectivity index (χ3v) is 4.68. The molecule has 0 radical (unpaired) electrons. The lowest BCUT2D eigenvalue weighted by molar-refractivity contribution is 0.219. The molecule has 5 heteroatoms. The smallest absolute Gasteiger partial charge is 0.203 e. The first-order valence-corrected chi connectivity index (χ1v) is 8.48. The van der Waals surface area contributed by atoms with Gasteiger partial charge in [-0.05, 0) is 65.4 Å². The molecular weight excluding hydrogens is 332 g/mol. The summed E-state index contributed by atoms with van der Waals surface area (Å²) in [7, 11) is 6.41. The van der Waals surface area contributed by atoms with Crippen LogP contribution in [0.15, 0.2) is 30.3 Å². The van der Waals surface area contributed by atoms with Crippen molar-refractivity contribution >= 4 is 11.6 Å². The second-order valence-electron chi connectivity index (χ2n) is 6.14. The molecule has 1 aliphatic rings. The van der Waals surface area contributed by atoms with E-state index in [1.54, 1.807) is 28.4 Å². The number of hydrogen-bond donors (Lipinski definition) is 1. The summed E-state index contributed by atoms with van der Waals surface area (Å²) in [5.74, 6) is 2.54. The number of aliphatic hydroxyl groups is 1. The van der Waals surface area contributed by atoms with E-state index < -0.39 is 6.10 Å². The van der Waals surface area contributed by atoms with Gasteiger partial charge in [-0.15, -0.1) is 0 Å². The van der Waals surface area contributed by atoms with Gasteiger partial charge in [-0.3, -0.25) is 0 Å². The molecule has 0 aliphatic heterocycles. The molecule has 2 aromatic carbocycles. The van der Waals surface area contributed by atoms with Crippen LogP contribution >= 0.6 is 0 Å². The molecule has 0 unspecified atom stereocenters. The Bertz CT molecular complexity index is 800. The van der Waals surface area contributed by atoms with Gasteiger partial charge in [-0.25, -0.2) is 0 Å². The van der Waals surface area contributed by atoms with Crippen molar-refractivity contribution in [2.75, 3.05) is 28.4 Å². The predicted octanol–water partition coefficient (Wildman–Crippen LogP) is 3.57. The number of rotatable bonds is 5. The van der Waals surface area contributed by atoms with Crippen LogP contribution in [0.25, 0.3) is 11.6 Å². The van der Waals surface area contributed by atoms with Crippen molar-refractivity contribution in [3.63, 3.8) is 0 Å². The van der Waals surface area contributed by atoms with E-state index >= 15 is 0 Å². The Kier molecular flexibility index (Phi) is 5.38. The van der Waals surface area contributed by atoms with Crippen LogP contribution in [0.5, 0.6) is 23.0 Å². The quantitative estimate of drug-likeness (QED) is 0.888. The third-order valence-electron chi connectivity index (χ3n) is 4.68. The molecule has 0 aromatic heterocycles. The minimum atomic E-state index is -0.519. The molecule has 1 atom stereocenters. The zero-order chi connectivity index (χ0) is 18.7. The maximum atomic E-state index is 10.6. The van der Waals surface area contributed by atoms with Crippen molar-refractivity contribution in [2.24, 2.45) is 0 Å². The van der Waals surface area contributed by atoms with Crippen LogP contribution in [0.3, 0.4) is 0 Å². The molecule has 0 saturated heterocycles.